The zero-order valence-corrected chi connectivity index (χ0v) is 21.9. The minimum atomic E-state index is -0.522. The molecule has 0 spiro atoms. The van der Waals surface area contributed by atoms with Gasteiger partial charge < -0.3 is 9.47 Å². The topological polar surface area (TPSA) is 106 Å². The molecule has 0 atom stereocenters. The van der Waals surface area contributed by atoms with Gasteiger partial charge in [0.15, 0.2) is 15.8 Å². The van der Waals surface area contributed by atoms with Gasteiger partial charge in [0.2, 0.25) is 0 Å². The Kier molecular flexibility index (Phi) is 7.69. The second-order valence-corrected chi connectivity index (χ2v) is 9.96. The highest BCUT2D eigenvalue weighted by Gasteiger charge is 2.34. The summed E-state index contributed by atoms with van der Waals surface area (Å²) in [6.45, 7) is 0.266. The van der Waals surface area contributed by atoms with E-state index >= 15 is 0 Å². The number of nitro groups is 1. The zero-order chi connectivity index (χ0) is 25.8. The molecule has 3 aromatic rings. The molecule has 0 aliphatic carbocycles. The van der Waals surface area contributed by atoms with E-state index in [0.29, 0.717) is 37.7 Å². The molecule has 0 aromatic heterocycles. The minimum absolute atomic E-state index is 0.129. The highest BCUT2D eigenvalue weighted by Crippen LogP contribution is 2.40. The quantitative estimate of drug-likeness (QED) is 0.140. The van der Waals surface area contributed by atoms with Crippen molar-refractivity contribution >= 4 is 67.6 Å². The maximum atomic E-state index is 13.1. The Morgan fingerprint density at radius 3 is 2.64 bits per heavy atom. The largest absolute Gasteiger partial charge is 0.493 e. The van der Waals surface area contributed by atoms with Crippen LogP contribution in [0.1, 0.15) is 16.7 Å². The molecule has 1 amide bonds. The summed E-state index contributed by atoms with van der Waals surface area (Å²) in [7, 11) is 1.52. The van der Waals surface area contributed by atoms with E-state index in [4.69, 9.17) is 27.0 Å². The Morgan fingerprint density at radius 1 is 1.22 bits per heavy atom. The van der Waals surface area contributed by atoms with Gasteiger partial charge in [0.05, 0.1) is 38.7 Å². The van der Waals surface area contributed by atoms with Crippen LogP contribution in [0, 0.1) is 21.4 Å². The zero-order valence-electron chi connectivity index (χ0n) is 18.6. The predicted octanol–water partition coefficient (Wildman–Crippen LogP) is 6.22. The van der Waals surface area contributed by atoms with Gasteiger partial charge in [-0.3, -0.25) is 19.8 Å². The maximum Gasteiger partial charge on any atom is 0.271 e. The highest BCUT2D eigenvalue weighted by atomic mass is 79.9. The molecule has 180 valence electrons. The Balaban J connectivity index is 1.57. The molecule has 8 nitrogen and oxygen atoms in total. The van der Waals surface area contributed by atoms with Crippen molar-refractivity contribution in [2.75, 3.05) is 12.0 Å². The molecule has 1 saturated heterocycles. The third kappa shape index (κ3) is 5.41. The number of benzene rings is 3. The maximum absolute atomic E-state index is 13.1. The highest BCUT2D eigenvalue weighted by molar-refractivity contribution is 9.10. The number of nitro benzene ring substituents is 1. The van der Waals surface area contributed by atoms with Crippen LogP contribution in [0.2, 0.25) is 0 Å². The van der Waals surface area contributed by atoms with Crippen molar-refractivity contribution in [1.82, 2.24) is 0 Å². The number of amides is 1. The molecule has 3 aromatic carbocycles. The van der Waals surface area contributed by atoms with E-state index in [9.17, 15) is 14.9 Å². The molecule has 0 saturated carbocycles. The van der Waals surface area contributed by atoms with Crippen LogP contribution in [0.15, 0.2) is 70.0 Å². The fourth-order valence-corrected chi connectivity index (χ4v) is 5.25. The van der Waals surface area contributed by atoms with E-state index in [2.05, 4.69) is 22.0 Å². The first-order valence-corrected chi connectivity index (χ1v) is 12.3. The monoisotopic (exact) mass is 581 g/mol. The molecule has 1 heterocycles. The van der Waals surface area contributed by atoms with Gasteiger partial charge in [-0.1, -0.05) is 42.2 Å². The number of nitriles is 1. The summed E-state index contributed by atoms with van der Waals surface area (Å²) in [6, 6.07) is 18.4. The first-order chi connectivity index (χ1) is 17.3. The number of halogens is 1. The van der Waals surface area contributed by atoms with Gasteiger partial charge in [0.1, 0.15) is 6.61 Å². The lowest BCUT2D eigenvalue weighted by Crippen LogP contribution is -2.27. The summed E-state index contributed by atoms with van der Waals surface area (Å²) >= 11 is 10.0. The van der Waals surface area contributed by atoms with Crippen LogP contribution in [0.25, 0.3) is 6.08 Å². The molecule has 36 heavy (non-hydrogen) atoms. The molecular formula is C25H16BrN3O5S2. The number of carbonyl (C=O) groups excluding carboxylic acids is 1. The van der Waals surface area contributed by atoms with Gasteiger partial charge in [-0.15, -0.1) is 0 Å². The molecule has 0 bridgehead atoms. The number of nitrogens with zero attached hydrogens (tertiary/aromatic N) is 3. The smallest absolute Gasteiger partial charge is 0.271 e. The molecule has 0 N–H and O–H groups in total. The number of non-ortho nitro benzene ring substituents is 1. The van der Waals surface area contributed by atoms with E-state index in [0.717, 1.165) is 17.3 Å². The van der Waals surface area contributed by atoms with Gasteiger partial charge in [0, 0.05) is 12.1 Å². The van der Waals surface area contributed by atoms with Gasteiger partial charge in [0.25, 0.3) is 11.6 Å². The molecule has 0 radical (unpaired) electrons. The number of rotatable bonds is 7. The summed E-state index contributed by atoms with van der Waals surface area (Å²) in [5.41, 5.74) is 2.33. The van der Waals surface area contributed by atoms with Crippen molar-refractivity contribution < 1.29 is 19.2 Å². The van der Waals surface area contributed by atoms with Gasteiger partial charge in [-0.05, 0) is 63.5 Å². The average Bonchev–Trinajstić information content (AvgIpc) is 3.15. The average molecular weight is 582 g/mol. The van der Waals surface area contributed by atoms with Crippen molar-refractivity contribution in [2.24, 2.45) is 0 Å². The Morgan fingerprint density at radius 2 is 1.97 bits per heavy atom. The third-order valence-electron chi connectivity index (χ3n) is 5.11. The second-order valence-electron chi connectivity index (χ2n) is 7.43. The van der Waals surface area contributed by atoms with Gasteiger partial charge >= 0.3 is 0 Å². The van der Waals surface area contributed by atoms with Crippen LogP contribution in [0.5, 0.6) is 11.5 Å². The first kappa shape index (κ1) is 25.4. The number of thioether (sulfide) groups is 1. The normalized spacial score (nSPS) is 14.1. The number of anilines is 1. The van der Waals surface area contributed by atoms with Crippen LogP contribution in [0.4, 0.5) is 11.4 Å². The van der Waals surface area contributed by atoms with E-state index in [1.807, 2.05) is 12.1 Å². The van der Waals surface area contributed by atoms with E-state index in [1.54, 1.807) is 36.4 Å². The molecular weight excluding hydrogens is 566 g/mol. The number of hydrogen-bond acceptors (Lipinski definition) is 8. The van der Waals surface area contributed by atoms with E-state index < -0.39 is 4.92 Å². The number of hydrogen-bond donors (Lipinski definition) is 0. The number of methoxy groups -OCH3 is 1. The summed E-state index contributed by atoms with van der Waals surface area (Å²) in [4.78, 5) is 25.4. The summed E-state index contributed by atoms with van der Waals surface area (Å²) < 4.78 is 12.4. The standard InChI is InChI=1S/C25H16BrN3O5S2/c1-33-21-10-17(9-20(26)23(21)34-14-16-7-5-15(13-27)6-8-16)11-22-24(30)28(25(35)36-22)18-3-2-4-19(12-18)29(31)32/h2-12H,14H2,1H3/b22-11-. The molecule has 11 heteroatoms. The van der Waals surface area contributed by atoms with Crippen molar-refractivity contribution in [1.29, 1.82) is 5.26 Å². The first-order valence-electron chi connectivity index (χ1n) is 10.3. The van der Waals surface area contributed by atoms with E-state index in [-0.39, 0.29) is 22.5 Å². The number of thiocarbonyl (C=S) groups is 1. The van der Waals surface area contributed by atoms with Crippen LogP contribution < -0.4 is 14.4 Å². The van der Waals surface area contributed by atoms with E-state index in [1.165, 1.54) is 30.2 Å². The lowest BCUT2D eigenvalue weighted by molar-refractivity contribution is -0.384. The number of carbonyl (C=O) groups is 1. The Bertz CT molecular complexity index is 1450. The lowest BCUT2D eigenvalue weighted by Gasteiger charge is -2.14. The fraction of sp³-hybridized carbons (Fsp3) is 0.0800. The molecule has 1 aliphatic rings. The van der Waals surface area contributed by atoms with Crippen molar-refractivity contribution in [3.05, 3.63) is 96.8 Å². The molecule has 1 fully saturated rings. The summed E-state index contributed by atoms with van der Waals surface area (Å²) in [5.74, 6) is 0.573. The minimum Gasteiger partial charge on any atom is -0.493 e. The third-order valence-corrected chi connectivity index (χ3v) is 7.00. The predicted molar refractivity (Wildman–Crippen MR) is 145 cm³/mol. The van der Waals surface area contributed by atoms with Gasteiger partial charge in [-0.25, -0.2) is 0 Å². The summed E-state index contributed by atoms with van der Waals surface area (Å²) in [6.07, 6.45) is 1.67. The van der Waals surface area contributed by atoms with Crippen LogP contribution in [0.3, 0.4) is 0 Å². The Labute approximate surface area is 224 Å². The second kappa shape index (κ2) is 10.9. The van der Waals surface area contributed by atoms with Crippen LogP contribution >= 0.6 is 39.9 Å². The summed E-state index contributed by atoms with van der Waals surface area (Å²) in [5, 5.41) is 20.1. The van der Waals surface area contributed by atoms with Gasteiger partial charge in [-0.2, -0.15) is 5.26 Å². The van der Waals surface area contributed by atoms with Crippen molar-refractivity contribution in [3.63, 3.8) is 0 Å². The van der Waals surface area contributed by atoms with Crippen LogP contribution in [-0.2, 0) is 11.4 Å². The number of ether oxygens (including phenoxy) is 2. The molecule has 0 unspecified atom stereocenters. The SMILES string of the molecule is COc1cc(/C=C2\SC(=S)N(c3cccc([N+](=O)[O-])c3)C2=O)cc(Br)c1OCc1ccc(C#N)cc1. The fourth-order valence-electron chi connectivity index (χ4n) is 3.38. The van der Waals surface area contributed by atoms with Crippen LogP contribution in [-0.4, -0.2) is 22.3 Å². The van der Waals surface area contributed by atoms with Crippen molar-refractivity contribution in [3.8, 4) is 17.6 Å². The Hall–Kier alpha value is -3.72. The van der Waals surface area contributed by atoms with Crippen molar-refractivity contribution in [2.45, 2.75) is 6.61 Å². The molecule has 4 rings (SSSR count). The molecule has 1 aliphatic heterocycles. The lowest BCUT2D eigenvalue weighted by atomic mass is 10.1.